The zero-order chi connectivity index (χ0) is 39.1. The lowest BCUT2D eigenvalue weighted by atomic mass is 9.91. The maximum Gasteiger partial charge on any atom is 0.160 e. The molecule has 3 heteroatoms. The Labute approximate surface area is 342 Å². The summed E-state index contributed by atoms with van der Waals surface area (Å²) in [4.78, 5) is 10.3. The maximum atomic E-state index is 6.99. The summed E-state index contributed by atoms with van der Waals surface area (Å²) in [6.07, 6.45) is 0. The van der Waals surface area contributed by atoms with Crippen molar-refractivity contribution in [2.75, 3.05) is 0 Å². The topological polar surface area (TPSA) is 38.9 Å². The van der Waals surface area contributed by atoms with Crippen molar-refractivity contribution in [3.05, 3.63) is 218 Å². The number of rotatable bonds is 7. The Bertz CT molecular complexity index is 3190. The van der Waals surface area contributed by atoms with Gasteiger partial charge in [0.05, 0.1) is 11.4 Å². The standard InChI is InChI=1S/C56H36N2O/c1-5-16-37(17-6-1)44-31-45(38-18-7-2-8-19-38)33-46(32-44)42-25-15-26-43(30-42)50-34-47(35-51-49-29-28-39-20-13-14-27-48(39)54(49)59-55(50)51)53-36-52(40-21-9-3-10-22-40)57-56(58-53)41-23-11-4-12-24-41/h1-36H. The molecule has 0 bridgehead atoms. The van der Waals surface area contributed by atoms with Crippen molar-refractivity contribution in [3.8, 4) is 78.4 Å². The van der Waals surface area contributed by atoms with Gasteiger partial charge in [-0.1, -0.05) is 170 Å². The second-order valence-corrected chi connectivity index (χ2v) is 15.0. The van der Waals surface area contributed by atoms with Crippen molar-refractivity contribution in [1.29, 1.82) is 0 Å². The molecule has 0 saturated heterocycles. The first kappa shape index (κ1) is 34.4. The lowest BCUT2D eigenvalue weighted by Gasteiger charge is -2.13. The summed E-state index contributed by atoms with van der Waals surface area (Å²) >= 11 is 0. The molecule has 59 heavy (non-hydrogen) atoms. The van der Waals surface area contributed by atoms with Gasteiger partial charge in [0.25, 0.3) is 0 Å². The molecule has 0 amide bonds. The Morgan fingerprint density at radius 2 is 0.780 bits per heavy atom. The van der Waals surface area contributed by atoms with E-state index in [1.807, 2.05) is 24.3 Å². The van der Waals surface area contributed by atoms with Crippen LogP contribution in [0.5, 0.6) is 0 Å². The molecule has 0 aliphatic heterocycles. The van der Waals surface area contributed by atoms with Gasteiger partial charge in [-0.05, 0) is 92.9 Å². The summed E-state index contributed by atoms with van der Waals surface area (Å²) < 4.78 is 6.99. The molecule has 0 aliphatic rings. The van der Waals surface area contributed by atoms with Gasteiger partial charge < -0.3 is 4.42 Å². The highest BCUT2D eigenvalue weighted by atomic mass is 16.3. The van der Waals surface area contributed by atoms with Gasteiger partial charge in [0.15, 0.2) is 5.82 Å². The summed E-state index contributed by atoms with van der Waals surface area (Å²) in [7, 11) is 0. The van der Waals surface area contributed by atoms with Gasteiger partial charge in [0.2, 0.25) is 0 Å². The number of hydrogen-bond donors (Lipinski definition) is 0. The first-order valence-corrected chi connectivity index (χ1v) is 20.0. The van der Waals surface area contributed by atoms with Gasteiger partial charge in [-0.3, -0.25) is 0 Å². The molecular weight excluding hydrogens is 717 g/mol. The van der Waals surface area contributed by atoms with E-state index in [1.165, 1.54) is 22.3 Å². The van der Waals surface area contributed by atoms with Crippen LogP contribution in [0.4, 0.5) is 0 Å². The van der Waals surface area contributed by atoms with Crippen LogP contribution in [0.3, 0.4) is 0 Å². The molecule has 0 aliphatic carbocycles. The molecule has 9 aromatic carbocycles. The van der Waals surface area contributed by atoms with Crippen LogP contribution in [0, 0.1) is 0 Å². The van der Waals surface area contributed by atoms with Crippen molar-refractivity contribution < 1.29 is 4.42 Å². The third-order valence-electron chi connectivity index (χ3n) is 11.2. The minimum atomic E-state index is 0.682. The van der Waals surface area contributed by atoms with E-state index in [-0.39, 0.29) is 0 Å². The highest BCUT2D eigenvalue weighted by molar-refractivity contribution is 6.18. The molecule has 0 unspecified atom stereocenters. The third kappa shape index (κ3) is 6.45. The normalized spacial score (nSPS) is 11.4. The van der Waals surface area contributed by atoms with E-state index >= 15 is 0 Å². The Morgan fingerprint density at radius 1 is 0.271 bits per heavy atom. The van der Waals surface area contributed by atoms with E-state index in [0.29, 0.717) is 5.82 Å². The van der Waals surface area contributed by atoms with Crippen LogP contribution in [-0.2, 0) is 0 Å². The van der Waals surface area contributed by atoms with Gasteiger partial charge in [-0.15, -0.1) is 0 Å². The van der Waals surface area contributed by atoms with E-state index in [4.69, 9.17) is 14.4 Å². The molecule has 11 rings (SSSR count). The molecule has 0 fully saturated rings. The molecule has 2 heterocycles. The van der Waals surface area contributed by atoms with E-state index in [2.05, 4.69) is 194 Å². The second kappa shape index (κ2) is 14.6. The van der Waals surface area contributed by atoms with Gasteiger partial charge in [0, 0.05) is 38.4 Å². The van der Waals surface area contributed by atoms with Crippen LogP contribution in [-0.4, -0.2) is 9.97 Å². The Morgan fingerprint density at radius 3 is 1.44 bits per heavy atom. The second-order valence-electron chi connectivity index (χ2n) is 15.0. The molecule has 11 aromatic rings. The van der Waals surface area contributed by atoms with Gasteiger partial charge in [0.1, 0.15) is 11.2 Å². The Kier molecular flexibility index (Phi) is 8.49. The first-order valence-electron chi connectivity index (χ1n) is 20.0. The smallest absolute Gasteiger partial charge is 0.160 e. The zero-order valence-corrected chi connectivity index (χ0v) is 32.1. The van der Waals surface area contributed by atoms with Crippen molar-refractivity contribution in [1.82, 2.24) is 9.97 Å². The van der Waals surface area contributed by atoms with E-state index in [0.717, 1.165) is 83.0 Å². The van der Waals surface area contributed by atoms with E-state index in [1.54, 1.807) is 0 Å². The van der Waals surface area contributed by atoms with Gasteiger partial charge >= 0.3 is 0 Å². The van der Waals surface area contributed by atoms with Crippen LogP contribution < -0.4 is 0 Å². The predicted molar refractivity (Wildman–Crippen MR) is 245 cm³/mol. The van der Waals surface area contributed by atoms with Crippen molar-refractivity contribution in [2.45, 2.75) is 0 Å². The fourth-order valence-corrected chi connectivity index (χ4v) is 8.29. The molecule has 0 saturated carbocycles. The minimum absolute atomic E-state index is 0.682. The summed E-state index contributed by atoms with van der Waals surface area (Å²) in [5.41, 5.74) is 15.5. The monoisotopic (exact) mass is 752 g/mol. The molecular formula is C56H36N2O. The van der Waals surface area contributed by atoms with Crippen molar-refractivity contribution >= 4 is 32.7 Å². The number of benzene rings is 9. The lowest BCUT2D eigenvalue weighted by molar-refractivity contribution is 0.674. The van der Waals surface area contributed by atoms with Crippen LogP contribution in [0.1, 0.15) is 0 Å². The summed E-state index contributed by atoms with van der Waals surface area (Å²) in [5, 5.41) is 4.35. The first-order chi connectivity index (χ1) is 29.2. The molecule has 276 valence electrons. The number of nitrogens with zero attached hydrogens (tertiary/aromatic N) is 2. The third-order valence-corrected chi connectivity index (χ3v) is 11.2. The summed E-state index contributed by atoms with van der Waals surface area (Å²) in [5.74, 6) is 0.682. The Balaban J connectivity index is 1.15. The fourth-order valence-electron chi connectivity index (χ4n) is 8.29. The number of hydrogen-bond acceptors (Lipinski definition) is 3. The molecule has 0 radical (unpaired) electrons. The van der Waals surface area contributed by atoms with E-state index < -0.39 is 0 Å². The molecule has 3 nitrogen and oxygen atoms in total. The fraction of sp³-hybridized carbons (Fsp3) is 0. The van der Waals surface area contributed by atoms with Gasteiger partial charge in [-0.25, -0.2) is 9.97 Å². The predicted octanol–water partition coefficient (Wildman–Crippen LogP) is 15.2. The number of fused-ring (bicyclic) bond motifs is 5. The number of furan rings is 1. The molecule has 0 atom stereocenters. The van der Waals surface area contributed by atoms with Crippen LogP contribution >= 0.6 is 0 Å². The average molecular weight is 753 g/mol. The summed E-state index contributed by atoms with van der Waals surface area (Å²) in [6.45, 7) is 0. The number of aromatic nitrogens is 2. The molecule has 2 aromatic heterocycles. The van der Waals surface area contributed by atoms with E-state index in [9.17, 15) is 0 Å². The highest BCUT2D eigenvalue weighted by Crippen LogP contribution is 2.43. The Hall–Kier alpha value is -7.88. The molecule has 0 N–H and O–H groups in total. The summed E-state index contributed by atoms with van der Waals surface area (Å²) in [6, 6.07) is 77.0. The van der Waals surface area contributed by atoms with Crippen LogP contribution in [0.25, 0.3) is 111 Å². The maximum absolute atomic E-state index is 6.99. The highest BCUT2D eigenvalue weighted by Gasteiger charge is 2.19. The minimum Gasteiger partial charge on any atom is -0.455 e. The average Bonchev–Trinajstić information content (AvgIpc) is 3.71. The van der Waals surface area contributed by atoms with Crippen molar-refractivity contribution in [2.24, 2.45) is 0 Å². The van der Waals surface area contributed by atoms with Crippen LogP contribution in [0.15, 0.2) is 223 Å². The lowest BCUT2D eigenvalue weighted by Crippen LogP contribution is -1.96. The van der Waals surface area contributed by atoms with Gasteiger partial charge in [-0.2, -0.15) is 0 Å². The quantitative estimate of drug-likeness (QED) is 0.163. The van der Waals surface area contributed by atoms with Crippen LogP contribution in [0.2, 0.25) is 0 Å². The largest absolute Gasteiger partial charge is 0.455 e. The SMILES string of the molecule is c1ccc(-c2cc(-c3ccccc3)cc(-c3cccc(-c4cc(-c5cc(-c6ccccc6)nc(-c6ccccc6)n5)cc5c4oc4c6ccccc6ccc54)c3)c2)cc1. The zero-order valence-electron chi connectivity index (χ0n) is 32.1. The van der Waals surface area contributed by atoms with Crippen molar-refractivity contribution in [3.63, 3.8) is 0 Å². The molecule has 0 spiro atoms.